The number of esters is 1. The van der Waals surface area contributed by atoms with Crippen LogP contribution in [0.3, 0.4) is 0 Å². The monoisotopic (exact) mass is 515 g/mol. The summed E-state index contributed by atoms with van der Waals surface area (Å²) in [5.74, 6) is -0.272. The average Bonchev–Trinajstić information content (AvgIpc) is 3.36. The third-order valence-electron chi connectivity index (χ3n) is 6.63. The molecule has 0 amide bonds. The van der Waals surface area contributed by atoms with Crippen molar-refractivity contribution in [2.45, 2.75) is 26.7 Å². The Labute approximate surface area is 230 Å². The van der Waals surface area contributed by atoms with E-state index in [-0.39, 0.29) is 12.5 Å². The molecule has 0 fully saturated rings. The van der Waals surface area contributed by atoms with E-state index in [0.29, 0.717) is 6.61 Å². The highest BCUT2D eigenvalue weighted by Crippen LogP contribution is 2.38. The van der Waals surface area contributed by atoms with E-state index in [1.807, 2.05) is 31.2 Å². The molecule has 0 unspecified atom stereocenters. The van der Waals surface area contributed by atoms with Crippen molar-refractivity contribution in [1.29, 1.82) is 0 Å². The second-order valence-electron chi connectivity index (χ2n) is 9.32. The molecule has 0 bridgehead atoms. The molecule has 5 heteroatoms. The van der Waals surface area contributed by atoms with Crippen LogP contribution in [0, 0.1) is 0 Å². The first-order valence-corrected chi connectivity index (χ1v) is 13.5. The van der Waals surface area contributed by atoms with Gasteiger partial charge in [0.15, 0.2) is 0 Å². The van der Waals surface area contributed by atoms with E-state index in [4.69, 9.17) is 9.84 Å². The summed E-state index contributed by atoms with van der Waals surface area (Å²) in [5, 5.41) is 8.46. The molecule has 0 aliphatic heterocycles. The largest absolute Gasteiger partial charge is 0.465 e. The van der Waals surface area contributed by atoms with Crippen LogP contribution < -0.4 is 5.32 Å². The van der Waals surface area contributed by atoms with E-state index in [9.17, 15) is 4.79 Å². The predicted octanol–water partition coefficient (Wildman–Crippen LogP) is 7.80. The molecular formula is C34H33N3O2. The molecule has 1 heterocycles. The van der Waals surface area contributed by atoms with Crippen LogP contribution in [0.1, 0.15) is 26.0 Å². The highest BCUT2D eigenvalue weighted by Gasteiger charge is 2.22. The van der Waals surface area contributed by atoms with Crippen LogP contribution in [0.2, 0.25) is 0 Å². The summed E-state index contributed by atoms with van der Waals surface area (Å²) < 4.78 is 7.19. The van der Waals surface area contributed by atoms with Crippen LogP contribution in [0.4, 0.5) is 5.69 Å². The Kier molecular flexibility index (Phi) is 8.18. The summed E-state index contributed by atoms with van der Waals surface area (Å²) in [6.07, 6.45) is 1.88. The first-order valence-electron chi connectivity index (χ1n) is 13.5. The number of nitrogens with zero attached hydrogens (tertiary/aromatic N) is 2. The molecule has 4 aromatic carbocycles. The minimum atomic E-state index is -0.272. The second-order valence-corrected chi connectivity index (χ2v) is 9.32. The van der Waals surface area contributed by atoms with Gasteiger partial charge in [-0.15, -0.1) is 0 Å². The van der Waals surface area contributed by atoms with E-state index in [1.165, 1.54) is 11.3 Å². The van der Waals surface area contributed by atoms with Crippen molar-refractivity contribution < 1.29 is 9.53 Å². The quantitative estimate of drug-likeness (QED) is 0.193. The van der Waals surface area contributed by atoms with Crippen molar-refractivity contribution in [3.63, 3.8) is 0 Å². The Morgan fingerprint density at radius 1 is 0.795 bits per heavy atom. The highest BCUT2D eigenvalue weighted by molar-refractivity contribution is 5.85. The Hall–Kier alpha value is -4.64. The first-order chi connectivity index (χ1) is 19.2. The third-order valence-corrected chi connectivity index (χ3v) is 6.63. The number of anilines is 1. The fraction of sp³-hybridized carbons (Fsp3) is 0.176. The molecule has 5 nitrogen and oxygen atoms in total. The molecule has 0 saturated carbocycles. The van der Waals surface area contributed by atoms with Gasteiger partial charge in [-0.05, 0) is 42.7 Å². The zero-order valence-electron chi connectivity index (χ0n) is 22.4. The maximum atomic E-state index is 11.9. The van der Waals surface area contributed by atoms with Crippen LogP contribution >= 0.6 is 0 Å². The van der Waals surface area contributed by atoms with Crippen molar-refractivity contribution in [2.24, 2.45) is 0 Å². The van der Waals surface area contributed by atoms with Gasteiger partial charge in [0.2, 0.25) is 0 Å². The number of benzene rings is 4. The van der Waals surface area contributed by atoms with Crippen LogP contribution in [-0.4, -0.2) is 28.9 Å². The number of rotatable bonds is 10. The van der Waals surface area contributed by atoms with Crippen LogP contribution in [0.15, 0.2) is 109 Å². The van der Waals surface area contributed by atoms with Gasteiger partial charge in [0.05, 0.1) is 18.0 Å². The fourth-order valence-corrected chi connectivity index (χ4v) is 4.91. The Morgan fingerprint density at radius 2 is 1.46 bits per heavy atom. The second kappa shape index (κ2) is 12.3. The Balaban J connectivity index is 1.65. The minimum Gasteiger partial charge on any atom is -0.465 e. The molecule has 0 saturated heterocycles. The maximum Gasteiger partial charge on any atom is 0.325 e. The molecule has 0 aliphatic carbocycles. The standard InChI is InChI=1S/C34H33N3O2/c1-3-14-31-33(25-15-7-5-8-16-25)34(26-17-9-6-10-18-26)36-37(31)30-22-12-11-21-29(30)27-19-13-20-28(23-27)35-24-32(38)39-4-2/h5-13,15-23,35H,3-4,14,24H2,1-2H3. The minimum absolute atomic E-state index is 0.125. The van der Waals surface area contributed by atoms with Gasteiger partial charge in [0, 0.05) is 22.4 Å². The lowest BCUT2D eigenvalue weighted by Gasteiger charge is -2.15. The number of carbonyl (C=O) groups is 1. The fourth-order valence-electron chi connectivity index (χ4n) is 4.91. The van der Waals surface area contributed by atoms with Crippen molar-refractivity contribution in [1.82, 2.24) is 9.78 Å². The molecule has 0 atom stereocenters. The number of para-hydroxylation sites is 1. The van der Waals surface area contributed by atoms with E-state index in [0.717, 1.165) is 52.2 Å². The maximum absolute atomic E-state index is 11.9. The molecule has 39 heavy (non-hydrogen) atoms. The molecule has 0 aliphatic rings. The number of hydrogen-bond acceptors (Lipinski definition) is 4. The molecule has 5 aromatic rings. The lowest BCUT2D eigenvalue weighted by molar-refractivity contribution is -0.140. The van der Waals surface area contributed by atoms with Gasteiger partial charge in [-0.3, -0.25) is 4.79 Å². The van der Waals surface area contributed by atoms with Crippen LogP contribution in [0.25, 0.3) is 39.2 Å². The molecule has 0 spiro atoms. The zero-order chi connectivity index (χ0) is 27.0. The molecule has 5 rings (SSSR count). The summed E-state index contributed by atoms with van der Waals surface area (Å²) in [7, 11) is 0. The number of aromatic nitrogens is 2. The number of nitrogens with one attached hydrogen (secondary N) is 1. The van der Waals surface area contributed by atoms with Gasteiger partial charge in [-0.25, -0.2) is 4.68 Å². The van der Waals surface area contributed by atoms with Gasteiger partial charge in [0.1, 0.15) is 12.2 Å². The summed E-state index contributed by atoms with van der Waals surface area (Å²) in [4.78, 5) is 11.9. The molecule has 1 aromatic heterocycles. The van der Waals surface area contributed by atoms with Crippen molar-refractivity contribution in [2.75, 3.05) is 18.5 Å². The lowest BCUT2D eigenvalue weighted by atomic mass is 9.97. The molecule has 1 N–H and O–H groups in total. The number of ether oxygens (including phenoxy) is 1. The van der Waals surface area contributed by atoms with Gasteiger partial charge in [-0.1, -0.05) is 104 Å². The number of carbonyl (C=O) groups excluding carboxylic acids is 1. The van der Waals surface area contributed by atoms with Crippen LogP contribution in [-0.2, 0) is 16.0 Å². The SMILES string of the molecule is CCCc1c(-c2ccccc2)c(-c2ccccc2)nn1-c1ccccc1-c1cccc(NCC(=O)OCC)c1. The summed E-state index contributed by atoms with van der Waals surface area (Å²) in [6, 6.07) is 37.4. The highest BCUT2D eigenvalue weighted by atomic mass is 16.5. The lowest BCUT2D eigenvalue weighted by Crippen LogP contribution is -2.16. The summed E-state index contributed by atoms with van der Waals surface area (Å²) in [6.45, 7) is 4.51. The van der Waals surface area contributed by atoms with Gasteiger partial charge in [-0.2, -0.15) is 5.10 Å². The van der Waals surface area contributed by atoms with E-state index >= 15 is 0 Å². The summed E-state index contributed by atoms with van der Waals surface area (Å²) in [5.41, 5.74) is 9.57. The Morgan fingerprint density at radius 3 is 2.18 bits per heavy atom. The molecular weight excluding hydrogens is 482 g/mol. The average molecular weight is 516 g/mol. The van der Waals surface area contributed by atoms with E-state index in [1.54, 1.807) is 0 Å². The van der Waals surface area contributed by atoms with E-state index < -0.39 is 0 Å². The topological polar surface area (TPSA) is 56.2 Å². The normalized spacial score (nSPS) is 10.8. The first kappa shape index (κ1) is 26.0. The van der Waals surface area contributed by atoms with Crippen molar-refractivity contribution >= 4 is 11.7 Å². The third kappa shape index (κ3) is 5.78. The number of hydrogen-bond donors (Lipinski definition) is 1. The van der Waals surface area contributed by atoms with E-state index in [2.05, 4.69) is 102 Å². The van der Waals surface area contributed by atoms with Crippen molar-refractivity contribution in [3.8, 4) is 39.2 Å². The van der Waals surface area contributed by atoms with Crippen molar-refractivity contribution in [3.05, 3.63) is 115 Å². The molecule has 0 radical (unpaired) electrons. The van der Waals surface area contributed by atoms with Gasteiger partial charge >= 0.3 is 5.97 Å². The zero-order valence-corrected chi connectivity index (χ0v) is 22.4. The summed E-state index contributed by atoms with van der Waals surface area (Å²) >= 11 is 0. The molecule has 196 valence electrons. The Bertz CT molecular complexity index is 1540. The van der Waals surface area contributed by atoms with Gasteiger partial charge < -0.3 is 10.1 Å². The van der Waals surface area contributed by atoms with Gasteiger partial charge in [0.25, 0.3) is 0 Å². The van der Waals surface area contributed by atoms with Crippen LogP contribution in [0.5, 0.6) is 0 Å². The predicted molar refractivity (Wildman–Crippen MR) is 159 cm³/mol. The smallest absolute Gasteiger partial charge is 0.325 e.